The minimum atomic E-state index is -3.15. The van der Waals surface area contributed by atoms with Crippen molar-refractivity contribution in [2.75, 3.05) is 18.1 Å². The van der Waals surface area contributed by atoms with Gasteiger partial charge in [0.1, 0.15) is 0 Å². The lowest BCUT2D eigenvalue weighted by atomic mass is 10.2. The van der Waals surface area contributed by atoms with Crippen LogP contribution in [0.2, 0.25) is 0 Å². The standard InChI is InChI=1S/C9H16N4O3S/c1-2-10-3-7-4-13(12-11-7)8-5-17(15,16)6-9(8)14/h4,8-10,14H,2-3,5-6H2,1H3. The molecular formula is C9H16N4O3S. The van der Waals surface area contributed by atoms with Crippen molar-refractivity contribution in [1.29, 1.82) is 0 Å². The average Bonchev–Trinajstić information content (AvgIpc) is 2.79. The summed E-state index contributed by atoms with van der Waals surface area (Å²) in [5.41, 5.74) is 0.739. The van der Waals surface area contributed by atoms with Gasteiger partial charge in [0.25, 0.3) is 0 Å². The SMILES string of the molecule is CCNCc1cn(C2CS(=O)(=O)CC2O)nn1. The van der Waals surface area contributed by atoms with Crippen molar-refractivity contribution in [1.82, 2.24) is 20.3 Å². The van der Waals surface area contributed by atoms with Crippen molar-refractivity contribution in [2.45, 2.75) is 25.6 Å². The van der Waals surface area contributed by atoms with Crippen LogP contribution in [0.5, 0.6) is 0 Å². The average molecular weight is 260 g/mol. The van der Waals surface area contributed by atoms with Gasteiger partial charge in [0.15, 0.2) is 9.84 Å². The Labute approximate surface area is 99.7 Å². The molecule has 1 fully saturated rings. The number of aromatic nitrogens is 3. The second-order valence-electron chi connectivity index (χ2n) is 4.18. The monoisotopic (exact) mass is 260 g/mol. The van der Waals surface area contributed by atoms with Crippen LogP contribution < -0.4 is 5.32 Å². The van der Waals surface area contributed by atoms with Crippen LogP contribution in [0.1, 0.15) is 18.7 Å². The summed E-state index contributed by atoms with van der Waals surface area (Å²) < 4.78 is 24.2. The van der Waals surface area contributed by atoms with E-state index < -0.39 is 22.0 Å². The van der Waals surface area contributed by atoms with E-state index in [9.17, 15) is 13.5 Å². The molecule has 1 aliphatic rings. The van der Waals surface area contributed by atoms with Crippen molar-refractivity contribution in [3.8, 4) is 0 Å². The number of aliphatic hydroxyl groups is 1. The first kappa shape index (κ1) is 12.5. The molecule has 0 aliphatic carbocycles. The molecule has 0 aromatic carbocycles. The van der Waals surface area contributed by atoms with Gasteiger partial charge in [-0.2, -0.15) is 0 Å². The van der Waals surface area contributed by atoms with E-state index in [0.717, 1.165) is 12.2 Å². The Morgan fingerprint density at radius 2 is 2.35 bits per heavy atom. The van der Waals surface area contributed by atoms with Gasteiger partial charge in [0, 0.05) is 6.54 Å². The summed E-state index contributed by atoms with van der Waals surface area (Å²) >= 11 is 0. The highest BCUT2D eigenvalue weighted by molar-refractivity contribution is 7.91. The lowest BCUT2D eigenvalue weighted by Crippen LogP contribution is -2.22. The zero-order valence-corrected chi connectivity index (χ0v) is 10.4. The third-order valence-electron chi connectivity index (χ3n) is 2.75. The van der Waals surface area contributed by atoms with Crippen LogP contribution in [0, 0.1) is 0 Å². The maximum atomic E-state index is 11.4. The van der Waals surface area contributed by atoms with Crippen LogP contribution in [-0.2, 0) is 16.4 Å². The van der Waals surface area contributed by atoms with E-state index in [0.29, 0.717) is 6.54 Å². The zero-order valence-electron chi connectivity index (χ0n) is 9.57. The fraction of sp³-hybridized carbons (Fsp3) is 0.778. The first-order chi connectivity index (χ1) is 8.02. The van der Waals surface area contributed by atoms with E-state index in [1.807, 2.05) is 6.92 Å². The molecule has 2 atom stereocenters. The molecule has 2 unspecified atom stereocenters. The van der Waals surface area contributed by atoms with E-state index in [1.54, 1.807) is 6.20 Å². The van der Waals surface area contributed by atoms with Crippen LogP contribution in [0.3, 0.4) is 0 Å². The van der Waals surface area contributed by atoms with Gasteiger partial charge in [-0.3, -0.25) is 0 Å². The Morgan fingerprint density at radius 1 is 1.59 bits per heavy atom. The molecule has 1 saturated heterocycles. The van der Waals surface area contributed by atoms with E-state index in [1.165, 1.54) is 4.68 Å². The number of sulfone groups is 1. The summed E-state index contributed by atoms with van der Waals surface area (Å²) in [6.45, 7) is 3.40. The van der Waals surface area contributed by atoms with Gasteiger partial charge < -0.3 is 10.4 Å². The maximum Gasteiger partial charge on any atom is 0.155 e. The summed E-state index contributed by atoms with van der Waals surface area (Å²) in [5.74, 6) is -0.266. The molecule has 0 spiro atoms. The largest absolute Gasteiger partial charge is 0.390 e. The summed E-state index contributed by atoms with van der Waals surface area (Å²) in [5, 5.41) is 20.6. The van der Waals surface area contributed by atoms with Crippen molar-refractivity contribution in [3.05, 3.63) is 11.9 Å². The molecule has 0 amide bonds. The van der Waals surface area contributed by atoms with Crippen LogP contribution in [0.4, 0.5) is 0 Å². The van der Waals surface area contributed by atoms with Gasteiger partial charge >= 0.3 is 0 Å². The summed E-state index contributed by atoms with van der Waals surface area (Å²) in [6.07, 6.45) is 0.783. The van der Waals surface area contributed by atoms with Crippen LogP contribution >= 0.6 is 0 Å². The Morgan fingerprint density at radius 3 is 2.94 bits per heavy atom. The van der Waals surface area contributed by atoms with Crippen LogP contribution in [-0.4, -0.2) is 52.7 Å². The molecule has 2 N–H and O–H groups in total. The van der Waals surface area contributed by atoms with Crippen LogP contribution in [0.15, 0.2) is 6.20 Å². The fourth-order valence-electron chi connectivity index (χ4n) is 1.87. The summed E-state index contributed by atoms with van der Waals surface area (Å²) in [7, 11) is -3.15. The van der Waals surface area contributed by atoms with Crippen molar-refractivity contribution < 1.29 is 13.5 Å². The molecular weight excluding hydrogens is 244 g/mol. The molecule has 2 rings (SSSR count). The molecule has 8 heteroatoms. The highest BCUT2D eigenvalue weighted by Gasteiger charge is 2.38. The molecule has 1 aromatic heterocycles. The number of rotatable bonds is 4. The van der Waals surface area contributed by atoms with Gasteiger partial charge in [-0.1, -0.05) is 12.1 Å². The van der Waals surface area contributed by atoms with E-state index >= 15 is 0 Å². The van der Waals surface area contributed by atoms with E-state index in [-0.39, 0.29) is 11.5 Å². The van der Waals surface area contributed by atoms with E-state index in [4.69, 9.17) is 0 Å². The highest BCUT2D eigenvalue weighted by atomic mass is 32.2. The Hall–Kier alpha value is -0.990. The van der Waals surface area contributed by atoms with Crippen molar-refractivity contribution >= 4 is 9.84 Å². The van der Waals surface area contributed by atoms with E-state index in [2.05, 4.69) is 15.6 Å². The molecule has 1 aromatic rings. The predicted molar refractivity (Wildman–Crippen MR) is 61.1 cm³/mol. The van der Waals surface area contributed by atoms with Crippen molar-refractivity contribution in [2.24, 2.45) is 0 Å². The third kappa shape index (κ3) is 2.82. The van der Waals surface area contributed by atoms with Gasteiger partial charge in [0.2, 0.25) is 0 Å². The first-order valence-electron chi connectivity index (χ1n) is 5.52. The van der Waals surface area contributed by atoms with Crippen LogP contribution in [0.25, 0.3) is 0 Å². The summed E-state index contributed by atoms with van der Waals surface area (Å²) in [4.78, 5) is 0. The predicted octanol–water partition coefficient (Wildman–Crippen LogP) is -1.28. The molecule has 7 nitrogen and oxygen atoms in total. The highest BCUT2D eigenvalue weighted by Crippen LogP contribution is 2.23. The van der Waals surface area contributed by atoms with Gasteiger partial charge in [-0.05, 0) is 6.54 Å². The maximum absolute atomic E-state index is 11.4. The number of hydrogen-bond donors (Lipinski definition) is 2. The molecule has 17 heavy (non-hydrogen) atoms. The van der Waals surface area contributed by atoms with Gasteiger partial charge in [-0.15, -0.1) is 5.10 Å². The second-order valence-corrected chi connectivity index (χ2v) is 6.34. The molecule has 2 heterocycles. The van der Waals surface area contributed by atoms with Gasteiger partial charge in [0.05, 0.1) is 35.5 Å². The quantitative estimate of drug-likeness (QED) is 0.700. The molecule has 0 saturated carbocycles. The number of nitrogens with one attached hydrogen (secondary N) is 1. The smallest absolute Gasteiger partial charge is 0.155 e. The zero-order chi connectivity index (χ0) is 12.5. The Bertz CT molecular complexity index is 484. The Kier molecular flexibility index (Phi) is 3.45. The van der Waals surface area contributed by atoms with Crippen molar-refractivity contribution in [3.63, 3.8) is 0 Å². The molecule has 0 bridgehead atoms. The molecule has 1 aliphatic heterocycles. The lowest BCUT2D eigenvalue weighted by molar-refractivity contribution is 0.145. The third-order valence-corrected chi connectivity index (χ3v) is 4.45. The topological polar surface area (TPSA) is 97.1 Å². The number of aliphatic hydroxyl groups excluding tert-OH is 1. The lowest BCUT2D eigenvalue weighted by Gasteiger charge is -2.11. The minimum absolute atomic E-state index is 0.0713. The Balaban J connectivity index is 2.10. The van der Waals surface area contributed by atoms with Gasteiger partial charge in [-0.25, -0.2) is 13.1 Å². The fourth-order valence-corrected chi connectivity index (χ4v) is 3.65. The number of nitrogens with zero attached hydrogens (tertiary/aromatic N) is 3. The summed E-state index contributed by atoms with van der Waals surface area (Å²) in [6, 6.07) is -0.511. The molecule has 96 valence electrons. The first-order valence-corrected chi connectivity index (χ1v) is 7.34. The molecule has 0 radical (unpaired) electrons. The second kappa shape index (κ2) is 4.71. The minimum Gasteiger partial charge on any atom is -0.390 e. The normalized spacial score (nSPS) is 27.4. The number of hydrogen-bond acceptors (Lipinski definition) is 6.